The number of nitrogen functional groups attached to an aromatic ring is 1. The molecule has 1 heterocycles. The molecule has 5 nitrogen and oxygen atoms in total. The topological polar surface area (TPSA) is 62.3 Å². The molecule has 5 heteroatoms. The van der Waals surface area contributed by atoms with Crippen LogP contribution in [-0.4, -0.2) is 23.0 Å². The molecule has 0 aliphatic rings. The molecular weight excluding hydrogens is 242 g/mol. The number of hydrogen-bond acceptors (Lipinski definition) is 4. The van der Waals surface area contributed by atoms with Crippen LogP contribution in [0.25, 0.3) is 0 Å². The molecule has 0 aliphatic carbocycles. The lowest BCUT2D eigenvalue weighted by atomic mass is 10.3. The highest BCUT2D eigenvalue weighted by molar-refractivity contribution is 5.39. The maximum atomic E-state index is 5.73. The molecule has 0 amide bonds. The van der Waals surface area contributed by atoms with Crippen molar-refractivity contribution in [1.82, 2.24) is 9.78 Å². The molecule has 19 heavy (non-hydrogen) atoms. The van der Waals surface area contributed by atoms with Gasteiger partial charge in [0.25, 0.3) is 0 Å². The summed E-state index contributed by atoms with van der Waals surface area (Å²) in [5, 5.41) is 4.18. The van der Waals surface area contributed by atoms with Gasteiger partial charge in [0.15, 0.2) is 11.5 Å². The van der Waals surface area contributed by atoms with Crippen molar-refractivity contribution in [2.24, 2.45) is 0 Å². The molecule has 0 unspecified atom stereocenters. The fraction of sp³-hybridized carbons (Fsp3) is 0.357. The second-order valence-electron chi connectivity index (χ2n) is 4.16. The summed E-state index contributed by atoms with van der Waals surface area (Å²) in [5.74, 6) is 2.05. The fourth-order valence-electron chi connectivity index (χ4n) is 1.85. The number of nitrogens with zero attached hydrogens (tertiary/aromatic N) is 2. The van der Waals surface area contributed by atoms with Crippen LogP contribution < -0.4 is 15.2 Å². The van der Waals surface area contributed by atoms with E-state index in [4.69, 9.17) is 15.2 Å². The standard InChI is InChI=1S/C14H19N3O2/c1-3-18-12-6-4-5-7-13(12)19-9-8-17-11(2)10-14(15)16-17/h4-7,10H,3,8-9H2,1-2H3,(H2,15,16). The number of para-hydroxylation sites is 2. The lowest BCUT2D eigenvalue weighted by Crippen LogP contribution is -2.11. The second-order valence-corrected chi connectivity index (χ2v) is 4.16. The molecule has 2 N–H and O–H groups in total. The minimum Gasteiger partial charge on any atom is -0.490 e. The van der Waals surface area contributed by atoms with Gasteiger partial charge in [0.1, 0.15) is 12.4 Å². The molecule has 0 bridgehead atoms. The minimum atomic E-state index is 0.520. The molecule has 0 spiro atoms. The first-order valence-corrected chi connectivity index (χ1v) is 6.35. The molecule has 0 saturated heterocycles. The summed E-state index contributed by atoms with van der Waals surface area (Å²) < 4.78 is 13.1. The summed E-state index contributed by atoms with van der Waals surface area (Å²) in [6, 6.07) is 9.49. The Morgan fingerprint density at radius 2 is 1.89 bits per heavy atom. The van der Waals surface area contributed by atoms with E-state index in [0.717, 1.165) is 17.2 Å². The van der Waals surface area contributed by atoms with Crippen molar-refractivity contribution < 1.29 is 9.47 Å². The van der Waals surface area contributed by atoms with Crippen LogP contribution in [-0.2, 0) is 6.54 Å². The van der Waals surface area contributed by atoms with Crippen molar-refractivity contribution in [2.75, 3.05) is 18.9 Å². The van der Waals surface area contributed by atoms with Crippen LogP contribution >= 0.6 is 0 Å². The third-order valence-corrected chi connectivity index (χ3v) is 2.71. The number of aryl methyl sites for hydroxylation is 1. The van der Waals surface area contributed by atoms with Crippen molar-refractivity contribution in [2.45, 2.75) is 20.4 Å². The molecule has 0 fully saturated rings. The van der Waals surface area contributed by atoms with Crippen LogP contribution in [0, 0.1) is 6.92 Å². The summed E-state index contributed by atoms with van der Waals surface area (Å²) >= 11 is 0. The fourth-order valence-corrected chi connectivity index (χ4v) is 1.85. The van der Waals surface area contributed by atoms with Gasteiger partial charge in [0.2, 0.25) is 0 Å². The average Bonchev–Trinajstić information content (AvgIpc) is 2.70. The largest absolute Gasteiger partial charge is 0.490 e. The van der Waals surface area contributed by atoms with Crippen molar-refractivity contribution in [3.05, 3.63) is 36.0 Å². The zero-order valence-electron chi connectivity index (χ0n) is 11.3. The van der Waals surface area contributed by atoms with Crippen molar-refractivity contribution in [3.63, 3.8) is 0 Å². The molecule has 1 aromatic carbocycles. The number of rotatable bonds is 6. The molecule has 0 saturated carbocycles. The van der Waals surface area contributed by atoms with Gasteiger partial charge >= 0.3 is 0 Å². The van der Waals surface area contributed by atoms with Crippen LogP contribution in [0.2, 0.25) is 0 Å². The monoisotopic (exact) mass is 261 g/mol. The summed E-state index contributed by atoms with van der Waals surface area (Å²) in [4.78, 5) is 0. The Balaban J connectivity index is 1.94. The van der Waals surface area contributed by atoms with Gasteiger partial charge in [0, 0.05) is 11.8 Å². The van der Waals surface area contributed by atoms with E-state index in [2.05, 4.69) is 5.10 Å². The highest BCUT2D eigenvalue weighted by Crippen LogP contribution is 2.26. The van der Waals surface area contributed by atoms with Gasteiger partial charge in [-0.2, -0.15) is 5.10 Å². The van der Waals surface area contributed by atoms with E-state index >= 15 is 0 Å². The maximum Gasteiger partial charge on any atom is 0.161 e. The summed E-state index contributed by atoms with van der Waals surface area (Å²) in [6.45, 7) is 5.72. The van der Waals surface area contributed by atoms with Crippen LogP contribution in [0.1, 0.15) is 12.6 Å². The van der Waals surface area contributed by atoms with E-state index in [-0.39, 0.29) is 0 Å². The van der Waals surface area contributed by atoms with E-state index in [0.29, 0.717) is 25.6 Å². The Hall–Kier alpha value is -2.17. The van der Waals surface area contributed by atoms with Gasteiger partial charge in [-0.1, -0.05) is 12.1 Å². The molecule has 2 rings (SSSR count). The Bertz CT molecular complexity index is 537. The second kappa shape index (κ2) is 6.13. The van der Waals surface area contributed by atoms with Gasteiger partial charge in [-0.25, -0.2) is 0 Å². The molecule has 0 aliphatic heterocycles. The zero-order valence-corrected chi connectivity index (χ0v) is 11.3. The first-order chi connectivity index (χ1) is 9.20. The van der Waals surface area contributed by atoms with Gasteiger partial charge in [-0.15, -0.1) is 0 Å². The third-order valence-electron chi connectivity index (χ3n) is 2.71. The van der Waals surface area contributed by atoms with Gasteiger partial charge in [-0.05, 0) is 26.0 Å². The Morgan fingerprint density at radius 1 is 1.21 bits per heavy atom. The number of anilines is 1. The molecule has 102 valence electrons. The average molecular weight is 261 g/mol. The number of ether oxygens (including phenoxy) is 2. The smallest absolute Gasteiger partial charge is 0.161 e. The first-order valence-electron chi connectivity index (χ1n) is 6.35. The normalized spacial score (nSPS) is 10.4. The summed E-state index contributed by atoms with van der Waals surface area (Å²) in [5.41, 5.74) is 6.66. The van der Waals surface area contributed by atoms with Crippen molar-refractivity contribution >= 4 is 5.82 Å². The molecular formula is C14H19N3O2. The van der Waals surface area contributed by atoms with E-state index < -0.39 is 0 Å². The van der Waals surface area contributed by atoms with Crippen LogP contribution in [0.15, 0.2) is 30.3 Å². The molecule has 2 aromatic rings. The number of aromatic nitrogens is 2. The highest BCUT2D eigenvalue weighted by Gasteiger charge is 2.05. The van der Waals surface area contributed by atoms with E-state index in [1.807, 2.05) is 48.9 Å². The number of hydrogen-bond donors (Lipinski definition) is 1. The van der Waals surface area contributed by atoms with Crippen LogP contribution in [0.3, 0.4) is 0 Å². The number of benzene rings is 1. The van der Waals surface area contributed by atoms with Gasteiger partial charge in [0.05, 0.1) is 13.2 Å². The Kier molecular flexibility index (Phi) is 4.28. The third kappa shape index (κ3) is 3.40. The van der Waals surface area contributed by atoms with E-state index in [1.54, 1.807) is 0 Å². The van der Waals surface area contributed by atoms with Crippen molar-refractivity contribution in [3.8, 4) is 11.5 Å². The lowest BCUT2D eigenvalue weighted by molar-refractivity contribution is 0.262. The minimum absolute atomic E-state index is 0.520. The molecule has 1 aromatic heterocycles. The lowest BCUT2D eigenvalue weighted by Gasteiger charge is -2.11. The first kappa shape index (κ1) is 13.3. The van der Waals surface area contributed by atoms with Gasteiger partial charge in [-0.3, -0.25) is 4.68 Å². The molecule has 0 radical (unpaired) electrons. The van der Waals surface area contributed by atoms with E-state index in [1.165, 1.54) is 0 Å². The summed E-state index contributed by atoms with van der Waals surface area (Å²) in [6.07, 6.45) is 0. The SMILES string of the molecule is CCOc1ccccc1OCCn1nc(N)cc1C. The Labute approximate surface area is 112 Å². The Morgan fingerprint density at radius 3 is 2.47 bits per heavy atom. The van der Waals surface area contributed by atoms with Crippen LogP contribution in [0.4, 0.5) is 5.82 Å². The predicted molar refractivity (Wildman–Crippen MR) is 74.5 cm³/mol. The number of nitrogens with two attached hydrogens (primary N) is 1. The van der Waals surface area contributed by atoms with Gasteiger partial charge < -0.3 is 15.2 Å². The predicted octanol–water partition coefficient (Wildman–Crippen LogP) is 2.25. The van der Waals surface area contributed by atoms with Crippen LogP contribution in [0.5, 0.6) is 11.5 Å². The van der Waals surface area contributed by atoms with Crippen molar-refractivity contribution in [1.29, 1.82) is 0 Å². The highest BCUT2D eigenvalue weighted by atomic mass is 16.5. The maximum absolute atomic E-state index is 5.73. The molecule has 0 atom stereocenters. The summed E-state index contributed by atoms with van der Waals surface area (Å²) in [7, 11) is 0. The zero-order chi connectivity index (χ0) is 13.7. The van der Waals surface area contributed by atoms with E-state index in [9.17, 15) is 0 Å². The quantitative estimate of drug-likeness (QED) is 0.866.